The first kappa shape index (κ1) is 16.7. The molecule has 5 nitrogen and oxygen atoms in total. The van der Waals surface area contributed by atoms with E-state index in [4.69, 9.17) is 5.73 Å². The molecule has 0 aliphatic carbocycles. The molecule has 0 atom stereocenters. The number of hydrogen-bond donors (Lipinski definition) is 2. The summed E-state index contributed by atoms with van der Waals surface area (Å²) in [7, 11) is 0. The van der Waals surface area contributed by atoms with E-state index in [1.54, 1.807) is 16.2 Å². The first-order valence-electron chi connectivity index (χ1n) is 6.79. The van der Waals surface area contributed by atoms with Gasteiger partial charge >= 0.3 is 0 Å². The molecule has 6 heteroatoms. The van der Waals surface area contributed by atoms with E-state index >= 15 is 0 Å². The number of carbonyl (C=O) groups is 2. The summed E-state index contributed by atoms with van der Waals surface area (Å²) < 4.78 is 0. The topological polar surface area (TPSA) is 75.4 Å². The van der Waals surface area contributed by atoms with Crippen molar-refractivity contribution in [2.75, 3.05) is 13.1 Å². The van der Waals surface area contributed by atoms with Gasteiger partial charge < -0.3 is 11.1 Å². The van der Waals surface area contributed by atoms with Crippen LogP contribution in [0, 0.1) is 0 Å². The number of nitrogens with zero attached hydrogens (tertiary/aromatic N) is 1. The van der Waals surface area contributed by atoms with Crippen LogP contribution in [-0.2, 0) is 22.6 Å². The number of thiophene rings is 1. The van der Waals surface area contributed by atoms with Crippen molar-refractivity contribution in [1.29, 1.82) is 0 Å². The summed E-state index contributed by atoms with van der Waals surface area (Å²) in [6.45, 7) is 6.80. The molecule has 0 saturated carbocycles. The van der Waals surface area contributed by atoms with E-state index < -0.39 is 5.91 Å². The maximum absolute atomic E-state index is 11.9. The van der Waals surface area contributed by atoms with Gasteiger partial charge in [0.25, 0.3) is 0 Å². The number of hydrogen-bond acceptors (Lipinski definition) is 4. The van der Waals surface area contributed by atoms with Crippen LogP contribution in [0.3, 0.4) is 0 Å². The van der Waals surface area contributed by atoms with Gasteiger partial charge in [-0.2, -0.15) is 0 Å². The van der Waals surface area contributed by atoms with E-state index in [0.29, 0.717) is 6.54 Å². The van der Waals surface area contributed by atoms with Gasteiger partial charge in [-0.05, 0) is 32.4 Å². The molecule has 1 heterocycles. The molecule has 3 N–H and O–H groups in total. The zero-order valence-corrected chi connectivity index (χ0v) is 13.1. The Labute approximate surface area is 124 Å². The maximum atomic E-state index is 11.9. The third kappa shape index (κ3) is 5.71. The smallest absolute Gasteiger partial charge is 0.234 e. The molecule has 1 aromatic heterocycles. The van der Waals surface area contributed by atoms with Gasteiger partial charge in [0.2, 0.25) is 11.8 Å². The monoisotopic (exact) mass is 297 g/mol. The van der Waals surface area contributed by atoms with Crippen LogP contribution >= 0.6 is 11.3 Å². The summed E-state index contributed by atoms with van der Waals surface area (Å²) in [4.78, 5) is 27.1. The van der Waals surface area contributed by atoms with Crippen LogP contribution in [0.5, 0.6) is 0 Å². The molecule has 0 fully saturated rings. The van der Waals surface area contributed by atoms with Gasteiger partial charge in [0.15, 0.2) is 0 Å². The summed E-state index contributed by atoms with van der Waals surface area (Å²) in [5, 5.41) is 2.87. The van der Waals surface area contributed by atoms with E-state index in [9.17, 15) is 9.59 Å². The highest BCUT2D eigenvalue weighted by molar-refractivity contribution is 7.11. The van der Waals surface area contributed by atoms with Crippen molar-refractivity contribution in [1.82, 2.24) is 10.2 Å². The largest absolute Gasteiger partial charge is 0.369 e. The molecular weight excluding hydrogens is 274 g/mol. The number of carbonyl (C=O) groups excluding carboxylic acids is 2. The minimum absolute atomic E-state index is 0.0913. The summed E-state index contributed by atoms with van der Waals surface area (Å²) in [5.74, 6) is -0.510. The van der Waals surface area contributed by atoms with Crippen molar-refractivity contribution in [3.05, 3.63) is 21.9 Å². The first-order valence-corrected chi connectivity index (χ1v) is 7.60. The second-order valence-electron chi connectivity index (χ2n) is 4.96. The average molecular weight is 297 g/mol. The second-order valence-corrected chi connectivity index (χ2v) is 6.22. The van der Waals surface area contributed by atoms with Crippen LogP contribution in [-0.4, -0.2) is 35.8 Å². The molecule has 1 rings (SSSR count). The van der Waals surface area contributed by atoms with E-state index in [1.807, 2.05) is 19.9 Å². The molecule has 0 unspecified atom stereocenters. The number of primary amides is 1. The number of amides is 2. The van der Waals surface area contributed by atoms with Crippen molar-refractivity contribution in [3.63, 3.8) is 0 Å². The summed E-state index contributed by atoms with van der Waals surface area (Å²) >= 11 is 1.71. The maximum Gasteiger partial charge on any atom is 0.234 e. The van der Waals surface area contributed by atoms with Gasteiger partial charge in [0.05, 0.1) is 19.6 Å². The number of nitrogens with two attached hydrogens (primary N) is 1. The molecule has 0 saturated heterocycles. The van der Waals surface area contributed by atoms with E-state index in [-0.39, 0.29) is 25.0 Å². The lowest BCUT2D eigenvalue weighted by molar-refractivity contribution is -0.124. The van der Waals surface area contributed by atoms with Crippen molar-refractivity contribution in [2.45, 2.75) is 39.8 Å². The highest BCUT2D eigenvalue weighted by Gasteiger charge is 2.15. The highest BCUT2D eigenvalue weighted by Crippen LogP contribution is 2.16. The molecule has 20 heavy (non-hydrogen) atoms. The normalized spacial score (nSPS) is 11.1. The van der Waals surface area contributed by atoms with Gasteiger partial charge in [0.1, 0.15) is 0 Å². The van der Waals surface area contributed by atoms with Gasteiger partial charge in [-0.3, -0.25) is 14.5 Å². The van der Waals surface area contributed by atoms with E-state index in [1.165, 1.54) is 4.88 Å². The third-order valence-corrected chi connectivity index (χ3v) is 4.19. The van der Waals surface area contributed by atoms with Crippen LogP contribution in [0.1, 0.15) is 30.5 Å². The Morgan fingerprint density at radius 3 is 2.45 bits per heavy atom. The van der Waals surface area contributed by atoms with Crippen LogP contribution in [0.4, 0.5) is 0 Å². The molecule has 0 bridgehead atoms. The fourth-order valence-electron chi connectivity index (χ4n) is 1.75. The minimum Gasteiger partial charge on any atom is -0.369 e. The zero-order valence-electron chi connectivity index (χ0n) is 12.3. The molecule has 1 aromatic rings. The molecule has 2 amide bonds. The Kier molecular flexibility index (Phi) is 6.67. The van der Waals surface area contributed by atoms with Crippen molar-refractivity contribution < 1.29 is 9.59 Å². The van der Waals surface area contributed by atoms with Crippen LogP contribution in [0.15, 0.2) is 12.1 Å². The standard InChI is InChI=1S/C14H23N3O2S/c1-4-11-5-6-12(20-11)7-16-14(19)9-17(10(2)3)8-13(15)18/h5-6,10H,4,7-9H2,1-3H3,(H2,15,18)(H,16,19). The lowest BCUT2D eigenvalue weighted by atomic mass is 10.3. The first-order chi connectivity index (χ1) is 9.42. The molecule has 0 radical (unpaired) electrons. The lowest BCUT2D eigenvalue weighted by Crippen LogP contribution is -2.44. The van der Waals surface area contributed by atoms with Crippen molar-refractivity contribution in [3.8, 4) is 0 Å². The van der Waals surface area contributed by atoms with E-state index in [0.717, 1.165) is 11.3 Å². The number of aryl methyl sites for hydroxylation is 1. The molecule has 112 valence electrons. The van der Waals surface area contributed by atoms with Gasteiger partial charge in [-0.25, -0.2) is 0 Å². The van der Waals surface area contributed by atoms with Gasteiger partial charge in [0, 0.05) is 15.8 Å². The molecule has 0 aliphatic rings. The SMILES string of the molecule is CCc1ccc(CNC(=O)CN(CC(N)=O)C(C)C)s1. The lowest BCUT2D eigenvalue weighted by Gasteiger charge is -2.24. The Morgan fingerprint density at radius 2 is 1.95 bits per heavy atom. The number of rotatable bonds is 8. The van der Waals surface area contributed by atoms with Gasteiger partial charge in [-0.15, -0.1) is 11.3 Å². The summed E-state index contributed by atoms with van der Waals surface area (Å²) in [5.41, 5.74) is 5.18. The molecule has 0 spiro atoms. The zero-order chi connectivity index (χ0) is 15.1. The summed E-state index contributed by atoms with van der Waals surface area (Å²) in [6.07, 6.45) is 1.01. The Balaban J connectivity index is 2.43. The second kappa shape index (κ2) is 8.01. The quantitative estimate of drug-likeness (QED) is 0.755. The molecular formula is C14H23N3O2S. The van der Waals surface area contributed by atoms with E-state index in [2.05, 4.69) is 18.3 Å². The average Bonchev–Trinajstić information content (AvgIpc) is 2.83. The summed E-state index contributed by atoms with van der Waals surface area (Å²) in [6, 6.07) is 4.22. The number of nitrogens with one attached hydrogen (secondary N) is 1. The Morgan fingerprint density at radius 1 is 1.30 bits per heavy atom. The predicted molar refractivity (Wildman–Crippen MR) is 81.4 cm³/mol. The third-order valence-electron chi connectivity index (χ3n) is 2.96. The van der Waals surface area contributed by atoms with Gasteiger partial charge in [-0.1, -0.05) is 6.92 Å². The van der Waals surface area contributed by atoms with Crippen molar-refractivity contribution in [2.24, 2.45) is 5.73 Å². The van der Waals surface area contributed by atoms with Crippen LogP contribution in [0.25, 0.3) is 0 Å². The van der Waals surface area contributed by atoms with Crippen molar-refractivity contribution >= 4 is 23.2 Å². The van der Waals surface area contributed by atoms with Crippen LogP contribution in [0.2, 0.25) is 0 Å². The highest BCUT2D eigenvalue weighted by atomic mass is 32.1. The molecule has 0 aliphatic heterocycles. The molecule has 0 aromatic carbocycles. The fraction of sp³-hybridized carbons (Fsp3) is 0.571. The Bertz CT molecular complexity index is 457. The van der Waals surface area contributed by atoms with Crippen LogP contribution < -0.4 is 11.1 Å². The fourth-order valence-corrected chi connectivity index (χ4v) is 2.65. The predicted octanol–water partition coefficient (Wildman–Crippen LogP) is 1.12. The Hall–Kier alpha value is -1.40. The minimum atomic E-state index is -0.419.